The zero-order valence-corrected chi connectivity index (χ0v) is 15.9. The van der Waals surface area contributed by atoms with Crippen LogP contribution in [0.25, 0.3) is 0 Å². The molecular weight excluding hydrogens is 367 g/mol. The molecule has 0 heterocycles. The molecule has 8 unspecified atom stereocenters. The Balaban J connectivity index is 2.03. The quantitative estimate of drug-likeness (QED) is 0.349. The molecule has 0 saturated heterocycles. The van der Waals surface area contributed by atoms with Crippen molar-refractivity contribution in [3.63, 3.8) is 0 Å². The standard InChI is InChI=1S/C20H29F5O2/c1-4-5-13(10(2)3)11-6-8-12(9-7-11)20(26)27-19-17(24)15(22)14(21)16(23)18(19)25/h6,8,10-15,17,19-20,26H,4-5,7,9H2,1-3H3. The van der Waals surface area contributed by atoms with Gasteiger partial charge in [-0.2, -0.15) is 0 Å². The van der Waals surface area contributed by atoms with E-state index in [0.717, 1.165) is 19.3 Å². The van der Waals surface area contributed by atoms with Crippen molar-refractivity contribution in [2.75, 3.05) is 0 Å². The minimum atomic E-state index is -2.99. The Hall–Kier alpha value is -0.950. The molecule has 1 N–H and O–H groups in total. The third-order valence-electron chi connectivity index (χ3n) is 5.71. The van der Waals surface area contributed by atoms with Crippen LogP contribution in [0.2, 0.25) is 0 Å². The van der Waals surface area contributed by atoms with Crippen LogP contribution in [0.5, 0.6) is 0 Å². The van der Waals surface area contributed by atoms with E-state index >= 15 is 0 Å². The van der Waals surface area contributed by atoms with E-state index in [1.165, 1.54) is 0 Å². The number of alkyl halides is 3. The Morgan fingerprint density at radius 1 is 1.04 bits per heavy atom. The van der Waals surface area contributed by atoms with Gasteiger partial charge in [0, 0.05) is 5.92 Å². The maximum atomic E-state index is 13.9. The predicted octanol–water partition coefficient (Wildman–Crippen LogP) is 5.52. The smallest absolute Gasteiger partial charge is 0.188 e. The molecule has 7 heteroatoms. The molecule has 0 spiro atoms. The van der Waals surface area contributed by atoms with Gasteiger partial charge in [0.05, 0.1) is 0 Å². The van der Waals surface area contributed by atoms with Crippen molar-refractivity contribution in [3.8, 4) is 0 Å². The summed E-state index contributed by atoms with van der Waals surface area (Å²) in [7, 11) is 0. The van der Waals surface area contributed by atoms with E-state index < -0.39 is 48.5 Å². The summed E-state index contributed by atoms with van der Waals surface area (Å²) in [6, 6.07) is 0. The first kappa shape index (κ1) is 22.3. The molecule has 2 aliphatic rings. The summed E-state index contributed by atoms with van der Waals surface area (Å²) in [6.07, 6.45) is -5.31. The van der Waals surface area contributed by atoms with Gasteiger partial charge in [0.15, 0.2) is 36.5 Å². The molecule has 0 aliphatic heterocycles. The molecule has 0 aromatic rings. The highest BCUT2D eigenvalue weighted by molar-refractivity contribution is 5.20. The van der Waals surface area contributed by atoms with E-state index in [1.807, 2.05) is 6.08 Å². The second kappa shape index (κ2) is 9.50. The minimum Gasteiger partial charge on any atom is -0.367 e. The van der Waals surface area contributed by atoms with Crippen LogP contribution in [0.4, 0.5) is 22.0 Å². The summed E-state index contributed by atoms with van der Waals surface area (Å²) in [5, 5.41) is 10.2. The molecule has 0 radical (unpaired) electrons. The van der Waals surface area contributed by atoms with Gasteiger partial charge < -0.3 is 9.84 Å². The highest BCUT2D eigenvalue weighted by atomic mass is 19.2. The van der Waals surface area contributed by atoms with Gasteiger partial charge in [-0.25, -0.2) is 22.0 Å². The summed E-state index contributed by atoms with van der Waals surface area (Å²) in [6.45, 7) is 6.46. The first-order valence-corrected chi connectivity index (χ1v) is 9.68. The molecule has 0 aromatic heterocycles. The van der Waals surface area contributed by atoms with Crippen molar-refractivity contribution in [2.24, 2.45) is 23.7 Å². The largest absolute Gasteiger partial charge is 0.367 e. The van der Waals surface area contributed by atoms with Gasteiger partial charge >= 0.3 is 0 Å². The third kappa shape index (κ3) is 4.91. The van der Waals surface area contributed by atoms with Gasteiger partial charge in [-0.3, -0.25) is 0 Å². The number of ether oxygens (including phenoxy) is 1. The maximum Gasteiger partial charge on any atom is 0.188 e. The van der Waals surface area contributed by atoms with E-state index in [9.17, 15) is 27.1 Å². The van der Waals surface area contributed by atoms with Crippen LogP contribution in [-0.2, 0) is 4.74 Å². The molecule has 2 nitrogen and oxygen atoms in total. The van der Waals surface area contributed by atoms with Crippen molar-refractivity contribution in [3.05, 3.63) is 23.8 Å². The molecule has 0 aromatic carbocycles. The summed E-state index contributed by atoms with van der Waals surface area (Å²) < 4.78 is 72.5. The van der Waals surface area contributed by atoms with Crippen LogP contribution < -0.4 is 0 Å². The summed E-state index contributed by atoms with van der Waals surface area (Å²) in [5.41, 5.74) is 0. The fourth-order valence-corrected chi connectivity index (χ4v) is 4.09. The number of hydrogen-bond acceptors (Lipinski definition) is 2. The Kier molecular flexibility index (Phi) is 7.86. The van der Waals surface area contributed by atoms with Crippen LogP contribution in [0.3, 0.4) is 0 Å². The average Bonchev–Trinajstić information content (AvgIpc) is 2.66. The van der Waals surface area contributed by atoms with Crippen LogP contribution in [0, 0.1) is 23.7 Å². The highest BCUT2D eigenvalue weighted by Gasteiger charge is 2.49. The number of rotatable bonds is 7. The van der Waals surface area contributed by atoms with Crippen LogP contribution >= 0.6 is 0 Å². The van der Waals surface area contributed by atoms with Gasteiger partial charge in [0.2, 0.25) is 0 Å². The topological polar surface area (TPSA) is 29.5 Å². The molecule has 2 rings (SSSR count). The lowest BCUT2D eigenvalue weighted by atomic mass is 9.74. The average molecular weight is 396 g/mol. The second-order valence-corrected chi connectivity index (χ2v) is 7.92. The molecule has 0 amide bonds. The maximum absolute atomic E-state index is 13.9. The summed E-state index contributed by atoms with van der Waals surface area (Å²) in [5.74, 6) is -3.03. The van der Waals surface area contributed by atoms with Crippen molar-refractivity contribution in [1.82, 2.24) is 0 Å². The monoisotopic (exact) mass is 396 g/mol. The zero-order valence-electron chi connectivity index (χ0n) is 15.9. The van der Waals surface area contributed by atoms with Crippen LogP contribution in [0.1, 0.15) is 46.5 Å². The van der Waals surface area contributed by atoms with E-state index in [2.05, 4.69) is 20.8 Å². The lowest BCUT2D eigenvalue weighted by Crippen LogP contribution is -2.46. The highest BCUT2D eigenvalue weighted by Crippen LogP contribution is 2.39. The lowest BCUT2D eigenvalue weighted by molar-refractivity contribution is -0.181. The molecule has 0 fully saturated rings. The van der Waals surface area contributed by atoms with E-state index in [0.29, 0.717) is 24.2 Å². The van der Waals surface area contributed by atoms with Crippen molar-refractivity contribution < 1.29 is 31.8 Å². The molecule has 2 aliphatic carbocycles. The molecule has 0 bridgehead atoms. The first-order chi connectivity index (χ1) is 12.7. The van der Waals surface area contributed by atoms with Crippen molar-refractivity contribution in [1.29, 1.82) is 0 Å². The third-order valence-corrected chi connectivity index (χ3v) is 5.71. The summed E-state index contributed by atoms with van der Waals surface area (Å²) in [4.78, 5) is 0. The molecule has 27 heavy (non-hydrogen) atoms. The summed E-state index contributed by atoms with van der Waals surface area (Å²) >= 11 is 0. The van der Waals surface area contributed by atoms with Crippen LogP contribution in [0.15, 0.2) is 23.8 Å². The number of aliphatic hydroxyl groups is 1. The fraction of sp³-hybridized carbons (Fsp3) is 0.800. The zero-order chi connectivity index (χ0) is 20.3. The Bertz CT molecular complexity index is 550. The Morgan fingerprint density at radius 2 is 1.63 bits per heavy atom. The van der Waals surface area contributed by atoms with Gasteiger partial charge in [-0.1, -0.05) is 39.3 Å². The fourth-order valence-electron chi connectivity index (χ4n) is 4.09. The molecule has 156 valence electrons. The van der Waals surface area contributed by atoms with Gasteiger partial charge in [-0.15, -0.1) is 0 Å². The predicted molar refractivity (Wildman–Crippen MR) is 93.4 cm³/mol. The molecule has 8 atom stereocenters. The Labute approximate surface area is 157 Å². The van der Waals surface area contributed by atoms with Gasteiger partial charge in [0.25, 0.3) is 0 Å². The number of aliphatic hydroxyl groups excluding tert-OH is 1. The van der Waals surface area contributed by atoms with E-state index in [4.69, 9.17) is 4.74 Å². The van der Waals surface area contributed by atoms with E-state index in [-0.39, 0.29) is 0 Å². The van der Waals surface area contributed by atoms with E-state index in [1.54, 1.807) is 6.08 Å². The Morgan fingerprint density at radius 3 is 2.15 bits per heavy atom. The molecule has 0 saturated carbocycles. The molecular formula is C20H29F5O2. The van der Waals surface area contributed by atoms with Gasteiger partial charge in [-0.05, 0) is 37.0 Å². The lowest BCUT2D eigenvalue weighted by Gasteiger charge is -2.35. The minimum absolute atomic E-state index is 0.341. The number of hydrogen-bond donors (Lipinski definition) is 1. The van der Waals surface area contributed by atoms with Gasteiger partial charge in [0.1, 0.15) is 6.10 Å². The normalized spacial score (nSPS) is 37.0. The van der Waals surface area contributed by atoms with Crippen LogP contribution in [-0.4, -0.2) is 36.0 Å². The van der Waals surface area contributed by atoms with Crippen molar-refractivity contribution >= 4 is 0 Å². The number of allylic oxidation sites excluding steroid dienone is 2. The SMILES string of the molecule is CCCC(C(C)C)C1C=CC(C(O)OC2C(F)=C(F)C(F)C(F)C2F)CC1. The second-order valence-electron chi connectivity index (χ2n) is 7.92. The van der Waals surface area contributed by atoms with Crippen molar-refractivity contribution in [2.45, 2.75) is 77.4 Å². The number of halogens is 5. The first-order valence-electron chi connectivity index (χ1n) is 9.68.